The van der Waals surface area contributed by atoms with Crippen molar-refractivity contribution in [2.45, 2.75) is 19.9 Å². The maximum absolute atomic E-state index is 16.3. The molecule has 5 rings (SSSR count). The smallest absolute Gasteiger partial charge is 0.199 e. The van der Waals surface area contributed by atoms with E-state index < -0.39 is 5.82 Å². The SMILES string of the molecule is COc1cc2c(=O)c3c4ccc(C#N)cc4[nH]c3n(C(C)C)c2c(F)c1N1CCN(I)CC1. The summed E-state index contributed by atoms with van der Waals surface area (Å²) in [4.78, 5) is 19.0. The van der Waals surface area contributed by atoms with Crippen molar-refractivity contribution in [2.75, 3.05) is 38.2 Å². The molecule has 1 N–H and O–H groups in total. The first-order chi connectivity index (χ1) is 15.8. The number of aromatic nitrogens is 2. The molecule has 0 amide bonds. The molecular formula is C24H23FIN5O2. The van der Waals surface area contributed by atoms with E-state index in [4.69, 9.17) is 4.74 Å². The average Bonchev–Trinajstić information content (AvgIpc) is 3.18. The van der Waals surface area contributed by atoms with Crippen LogP contribution in [0.4, 0.5) is 10.1 Å². The maximum atomic E-state index is 16.3. The molecule has 7 nitrogen and oxygen atoms in total. The van der Waals surface area contributed by atoms with Gasteiger partial charge in [-0.3, -0.25) is 4.79 Å². The molecule has 0 atom stereocenters. The first-order valence-electron chi connectivity index (χ1n) is 10.8. The number of benzene rings is 2. The minimum atomic E-state index is -0.449. The van der Waals surface area contributed by atoms with E-state index in [-0.39, 0.29) is 22.4 Å². The molecule has 0 bridgehead atoms. The molecule has 2 aromatic heterocycles. The molecular weight excluding hydrogens is 536 g/mol. The molecule has 0 unspecified atom stereocenters. The van der Waals surface area contributed by atoms with E-state index in [0.29, 0.717) is 52.0 Å². The monoisotopic (exact) mass is 559 g/mol. The van der Waals surface area contributed by atoms with Gasteiger partial charge in [0.1, 0.15) is 17.1 Å². The zero-order valence-electron chi connectivity index (χ0n) is 18.6. The molecule has 3 heterocycles. The summed E-state index contributed by atoms with van der Waals surface area (Å²) < 4.78 is 26.0. The van der Waals surface area contributed by atoms with Gasteiger partial charge in [-0.2, -0.15) is 5.26 Å². The zero-order chi connectivity index (χ0) is 23.4. The number of methoxy groups -OCH3 is 1. The van der Waals surface area contributed by atoms with Gasteiger partial charge in [-0.25, -0.2) is 7.50 Å². The van der Waals surface area contributed by atoms with Gasteiger partial charge in [-0.15, -0.1) is 0 Å². The lowest BCUT2D eigenvalue weighted by atomic mass is 10.1. The molecule has 0 radical (unpaired) electrons. The third-order valence-corrected chi connectivity index (χ3v) is 7.28. The normalized spacial score (nSPS) is 15.1. The second kappa shape index (κ2) is 8.18. The highest BCUT2D eigenvalue weighted by Crippen LogP contribution is 2.39. The van der Waals surface area contributed by atoms with Gasteiger partial charge in [0.25, 0.3) is 0 Å². The Labute approximate surface area is 203 Å². The minimum absolute atomic E-state index is 0.124. The van der Waals surface area contributed by atoms with Crippen LogP contribution >= 0.6 is 22.9 Å². The van der Waals surface area contributed by atoms with Crippen molar-refractivity contribution >= 4 is 61.4 Å². The molecule has 0 saturated carbocycles. The van der Waals surface area contributed by atoms with E-state index in [1.807, 2.05) is 23.3 Å². The fourth-order valence-corrected chi connectivity index (χ4v) is 5.23. The van der Waals surface area contributed by atoms with Gasteiger partial charge in [-0.05, 0) is 32.0 Å². The predicted molar refractivity (Wildman–Crippen MR) is 137 cm³/mol. The molecule has 1 aliphatic heterocycles. The van der Waals surface area contributed by atoms with Crippen molar-refractivity contribution in [2.24, 2.45) is 0 Å². The topological polar surface area (TPSA) is 77.3 Å². The number of ether oxygens (including phenoxy) is 1. The molecule has 170 valence electrons. The summed E-state index contributed by atoms with van der Waals surface area (Å²) >= 11 is 2.28. The summed E-state index contributed by atoms with van der Waals surface area (Å²) in [5.74, 6) is -0.0874. The Hall–Kier alpha value is -2.84. The number of fused-ring (bicyclic) bond motifs is 4. The third-order valence-electron chi connectivity index (χ3n) is 6.32. The number of hydrogen-bond acceptors (Lipinski definition) is 5. The molecule has 4 aromatic rings. The van der Waals surface area contributed by atoms with Crippen LogP contribution in [-0.4, -0.2) is 46.0 Å². The van der Waals surface area contributed by atoms with Gasteiger partial charge >= 0.3 is 0 Å². The molecule has 2 aromatic carbocycles. The Morgan fingerprint density at radius 3 is 2.55 bits per heavy atom. The van der Waals surface area contributed by atoms with Crippen LogP contribution in [0.15, 0.2) is 29.1 Å². The van der Waals surface area contributed by atoms with E-state index >= 15 is 4.39 Å². The van der Waals surface area contributed by atoms with Gasteiger partial charge in [-0.1, -0.05) is 6.07 Å². The molecule has 9 heteroatoms. The number of rotatable bonds is 3. The lowest BCUT2D eigenvalue weighted by Gasteiger charge is -2.34. The van der Waals surface area contributed by atoms with Crippen LogP contribution in [0.5, 0.6) is 5.75 Å². The van der Waals surface area contributed by atoms with Crippen molar-refractivity contribution in [3.63, 3.8) is 0 Å². The van der Waals surface area contributed by atoms with Crippen molar-refractivity contribution in [3.05, 3.63) is 45.9 Å². The molecule has 1 saturated heterocycles. The molecule has 0 spiro atoms. The molecule has 1 aliphatic rings. The van der Waals surface area contributed by atoms with E-state index in [0.717, 1.165) is 13.1 Å². The molecule has 0 aliphatic carbocycles. The predicted octanol–water partition coefficient (Wildman–Crippen LogP) is 4.71. The van der Waals surface area contributed by atoms with E-state index in [1.54, 1.807) is 24.3 Å². The maximum Gasteiger partial charge on any atom is 0.199 e. The lowest BCUT2D eigenvalue weighted by Crippen LogP contribution is -2.42. The number of piperazine rings is 1. The number of nitriles is 1. The fourth-order valence-electron chi connectivity index (χ4n) is 4.80. The third kappa shape index (κ3) is 3.35. The summed E-state index contributed by atoms with van der Waals surface area (Å²) in [6.45, 7) is 6.88. The highest BCUT2D eigenvalue weighted by atomic mass is 127. The van der Waals surface area contributed by atoms with Crippen LogP contribution in [0.3, 0.4) is 0 Å². The van der Waals surface area contributed by atoms with E-state index in [9.17, 15) is 10.1 Å². The Bertz CT molecular complexity index is 1510. The summed E-state index contributed by atoms with van der Waals surface area (Å²) in [5, 5.41) is 10.8. The first kappa shape index (κ1) is 22.0. The van der Waals surface area contributed by atoms with Crippen molar-refractivity contribution < 1.29 is 9.13 Å². The Balaban J connectivity index is 1.92. The van der Waals surface area contributed by atoms with Crippen LogP contribution in [-0.2, 0) is 0 Å². The van der Waals surface area contributed by atoms with Crippen LogP contribution < -0.4 is 15.1 Å². The van der Waals surface area contributed by atoms with Crippen LogP contribution in [0.25, 0.3) is 32.8 Å². The number of hydrogen-bond donors (Lipinski definition) is 1. The summed E-state index contributed by atoms with van der Waals surface area (Å²) in [5.41, 5.74) is 2.13. The van der Waals surface area contributed by atoms with Crippen molar-refractivity contribution in [3.8, 4) is 11.8 Å². The number of halogens is 2. The first-order valence-corrected chi connectivity index (χ1v) is 11.8. The number of nitrogens with zero attached hydrogens (tertiary/aromatic N) is 4. The van der Waals surface area contributed by atoms with Gasteiger partial charge in [0, 0.05) is 66.0 Å². The quantitative estimate of drug-likeness (QED) is 0.291. The van der Waals surface area contributed by atoms with Crippen molar-refractivity contribution in [1.29, 1.82) is 5.26 Å². The van der Waals surface area contributed by atoms with Crippen LogP contribution in [0, 0.1) is 17.1 Å². The van der Waals surface area contributed by atoms with Crippen molar-refractivity contribution in [1.82, 2.24) is 12.7 Å². The minimum Gasteiger partial charge on any atom is -0.494 e. The van der Waals surface area contributed by atoms with Gasteiger partial charge in [0.05, 0.1) is 35.0 Å². The number of H-pyrrole nitrogens is 1. The highest BCUT2D eigenvalue weighted by molar-refractivity contribution is 14.1. The summed E-state index contributed by atoms with van der Waals surface area (Å²) in [6.07, 6.45) is 0. The number of aromatic amines is 1. The second-order valence-electron chi connectivity index (χ2n) is 8.55. The van der Waals surface area contributed by atoms with Gasteiger partial charge < -0.3 is 19.2 Å². The van der Waals surface area contributed by atoms with Crippen LogP contribution in [0.1, 0.15) is 25.5 Å². The van der Waals surface area contributed by atoms with Gasteiger partial charge in [0.15, 0.2) is 11.2 Å². The lowest BCUT2D eigenvalue weighted by molar-refractivity contribution is 0.404. The Kier molecular flexibility index (Phi) is 5.45. The standard InChI is InChI=1S/C24H23FIN5O2/c1-13(2)31-21-16(11-18(33-3)22(20(21)25)29-6-8-30(26)9-7-29)23(32)19-15-5-4-14(12-27)10-17(15)28-24(19)31/h4-5,10-11,13,28H,6-9H2,1-3H3. The van der Waals surface area contributed by atoms with Gasteiger partial charge in [0.2, 0.25) is 0 Å². The van der Waals surface area contributed by atoms with E-state index in [2.05, 4.69) is 37.0 Å². The highest BCUT2D eigenvalue weighted by Gasteiger charge is 2.28. The van der Waals surface area contributed by atoms with E-state index in [1.165, 1.54) is 7.11 Å². The number of anilines is 1. The zero-order valence-corrected chi connectivity index (χ0v) is 20.7. The summed E-state index contributed by atoms with van der Waals surface area (Å²) in [7, 11) is 1.51. The Morgan fingerprint density at radius 1 is 1.18 bits per heavy atom. The number of nitrogens with one attached hydrogen (secondary N) is 1. The average molecular weight is 559 g/mol. The summed E-state index contributed by atoms with van der Waals surface area (Å²) in [6, 6.07) is 8.86. The largest absolute Gasteiger partial charge is 0.494 e. The second-order valence-corrected chi connectivity index (χ2v) is 9.91. The van der Waals surface area contributed by atoms with Crippen LogP contribution in [0.2, 0.25) is 0 Å². The fraction of sp³-hybridized carbons (Fsp3) is 0.333. The Morgan fingerprint density at radius 2 is 1.91 bits per heavy atom. The number of pyridine rings is 1. The molecule has 33 heavy (non-hydrogen) atoms. The molecule has 1 fully saturated rings.